The lowest BCUT2D eigenvalue weighted by atomic mass is 9.93. The Hall–Kier alpha value is -2.02. The van der Waals surface area contributed by atoms with Gasteiger partial charge in [-0.3, -0.25) is 9.59 Å². The Kier molecular flexibility index (Phi) is 4.52. The lowest BCUT2D eigenvalue weighted by Gasteiger charge is -2.14. The van der Waals surface area contributed by atoms with Gasteiger partial charge in [0.25, 0.3) is 0 Å². The third kappa shape index (κ3) is 2.87. The molecule has 2 rings (SSSR count). The maximum Gasteiger partial charge on any atom is 0.312 e. The second-order valence-corrected chi connectivity index (χ2v) is 5.51. The number of carbonyl (C=O) groups is 2. The van der Waals surface area contributed by atoms with E-state index in [1.807, 2.05) is 6.07 Å². The summed E-state index contributed by atoms with van der Waals surface area (Å²) in [5.74, 6) is -1.59. The Morgan fingerprint density at radius 2 is 1.71 bits per heavy atom. The van der Waals surface area contributed by atoms with E-state index in [-0.39, 0.29) is 11.9 Å². The number of benzene rings is 1. The molecule has 21 heavy (non-hydrogen) atoms. The highest BCUT2D eigenvalue weighted by Crippen LogP contribution is 2.31. The molecule has 0 aliphatic carbocycles. The molecule has 0 aliphatic heterocycles. The SMILES string of the molecule is COC(=O)C(C)c1cc(C(C)C(=O)OC)c2nnsc2c1. The Bertz CT molecular complexity index is 683. The van der Waals surface area contributed by atoms with Crippen LogP contribution in [0, 0.1) is 0 Å². The summed E-state index contributed by atoms with van der Waals surface area (Å²) in [4.78, 5) is 23.5. The molecule has 0 spiro atoms. The number of aromatic nitrogens is 2. The summed E-state index contributed by atoms with van der Waals surface area (Å²) in [6.07, 6.45) is 0. The van der Waals surface area contributed by atoms with Crippen LogP contribution in [0.5, 0.6) is 0 Å². The first-order valence-corrected chi connectivity index (χ1v) is 7.18. The van der Waals surface area contributed by atoms with Crippen molar-refractivity contribution < 1.29 is 19.1 Å². The van der Waals surface area contributed by atoms with E-state index in [9.17, 15) is 9.59 Å². The van der Waals surface area contributed by atoms with Gasteiger partial charge in [-0.1, -0.05) is 10.6 Å². The van der Waals surface area contributed by atoms with Gasteiger partial charge in [0.2, 0.25) is 0 Å². The van der Waals surface area contributed by atoms with Crippen LogP contribution < -0.4 is 0 Å². The molecular weight excluding hydrogens is 292 g/mol. The van der Waals surface area contributed by atoms with Gasteiger partial charge in [-0.2, -0.15) is 0 Å². The Morgan fingerprint density at radius 3 is 2.33 bits per heavy atom. The Balaban J connectivity index is 2.55. The molecule has 0 radical (unpaired) electrons. The Labute approximate surface area is 126 Å². The van der Waals surface area contributed by atoms with Crippen LogP contribution in [0.1, 0.15) is 36.8 Å². The minimum atomic E-state index is -0.480. The monoisotopic (exact) mass is 308 g/mol. The van der Waals surface area contributed by atoms with Gasteiger partial charge in [-0.05, 0) is 42.6 Å². The summed E-state index contributed by atoms with van der Waals surface area (Å²) < 4.78 is 14.3. The third-order valence-electron chi connectivity index (χ3n) is 3.48. The van der Waals surface area contributed by atoms with Crippen LogP contribution in [0.3, 0.4) is 0 Å². The van der Waals surface area contributed by atoms with Crippen molar-refractivity contribution in [2.45, 2.75) is 25.7 Å². The lowest BCUT2D eigenvalue weighted by molar-refractivity contribution is -0.142. The van der Waals surface area contributed by atoms with Gasteiger partial charge in [0.15, 0.2) is 0 Å². The first-order chi connectivity index (χ1) is 9.99. The van der Waals surface area contributed by atoms with E-state index in [4.69, 9.17) is 9.47 Å². The number of esters is 2. The smallest absolute Gasteiger partial charge is 0.312 e. The zero-order valence-corrected chi connectivity index (χ0v) is 13.1. The summed E-state index contributed by atoms with van der Waals surface area (Å²) in [6.45, 7) is 3.50. The maximum absolute atomic E-state index is 11.8. The summed E-state index contributed by atoms with van der Waals surface area (Å²) in [6, 6.07) is 3.65. The number of hydrogen-bond acceptors (Lipinski definition) is 7. The molecule has 0 N–H and O–H groups in total. The summed E-state index contributed by atoms with van der Waals surface area (Å²) in [5.41, 5.74) is 2.14. The van der Waals surface area contributed by atoms with Gasteiger partial charge in [-0.15, -0.1) is 5.10 Å². The van der Waals surface area contributed by atoms with Gasteiger partial charge >= 0.3 is 11.9 Å². The number of carbonyl (C=O) groups excluding carboxylic acids is 2. The molecule has 0 amide bonds. The fourth-order valence-corrected chi connectivity index (χ4v) is 2.77. The molecular formula is C14H16N2O4S. The average molecular weight is 308 g/mol. The van der Waals surface area contributed by atoms with Crippen molar-refractivity contribution >= 4 is 33.7 Å². The van der Waals surface area contributed by atoms with Gasteiger partial charge in [0.05, 0.1) is 30.8 Å². The molecule has 1 aromatic carbocycles. The molecule has 0 bridgehead atoms. The quantitative estimate of drug-likeness (QED) is 0.806. The minimum Gasteiger partial charge on any atom is -0.469 e. The summed E-state index contributed by atoms with van der Waals surface area (Å²) >= 11 is 1.22. The van der Waals surface area contributed by atoms with Gasteiger partial charge in [0, 0.05) is 0 Å². The lowest BCUT2D eigenvalue weighted by Crippen LogP contribution is -2.14. The van der Waals surface area contributed by atoms with E-state index in [2.05, 4.69) is 9.59 Å². The highest BCUT2D eigenvalue weighted by Gasteiger charge is 2.24. The van der Waals surface area contributed by atoms with E-state index in [0.717, 1.165) is 10.3 Å². The van der Waals surface area contributed by atoms with E-state index in [0.29, 0.717) is 11.1 Å². The molecule has 1 heterocycles. The van der Waals surface area contributed by atoms with Crippen molar-refractivity contribution in [3.8, 4) is 0 Å². The third-order valence-corrected chi connectivity index (χ3v) is 4.15. The van der Waals surface area contributed by atoms with Crippen molar-refractivity contribution in [3.63, 3.8) is 0 Å². The second kappa shape index (κ2) is 6.17. The number of rotatable bonds is 4. The number of ether oxygens (including phenoxy) is 2. The zero-order chi connectivity index (χ0) is 15.6. The van der Waals surface area contributed by atoms with Crippen LogP contribution in [0.4, 0.5) is 0 Å². The molecule has 0 aliphatic rings. The van der Waals surface area contributed by atoms with Crippen molar-refractivity contribution in [1.29, 1.82) is 0 Å². The van der Waals surface area contributed by atoms with Gasteiger partial charge in [0.1, 0.15) is 5.52 Å². The molecule has 6 nitrogen and oxygen atoms in total. The molecule has 2 atom stereocenters. The Morgan fingerprint density at radius 1 is 1.10 bits per heavy atom. The van der Waals surface area contributed by atoms with E-state index in [1.165, 1.54) is 25.8 Å². The number of nitrogens with zero attached hydrogens (tertiary/aromatic N) is 2. The first-order valence-electron chi connectivity index (χ1n) is 6.41. The molecule has 0 saturated heterocycles. The van der Waals surface area contributed by atoms with Crippen molar-refractivity contribution in [2.24, 2.45) is 0 Å². The van der Waals surface area contributed by atoms with Crippen LogP contribution in [0.25, 0.3) is 10.2 Å². The molecule has 2 unspecified atom stereocenters. The maximum atomic E-state index is 11.8. The molecule has 112 valence electrons. The predicted octanol–water partition coefficient (Wildman–Crippen LogP) is 2.24. The number of methoxy groups -OCH3 is 2. The molecule has 1 aromatic heterocycles. The van der Waals surface area contributed by atoms with Crippen molar-refractivity contribution in [2.75, 3.05) is 14.2 Å². The zero-order valence-electron chi connectivity index (χ0n) is 12.2. The number of hydrogen-bond donors (Lipinski definition) is 0. The van der Waals surface area contributed by atoms with E-state index < -0.39 is 11.8 Å². The van der Waals surface area contributed by atoms with Crippen LogP contribution in [0.15, 0.2) is 12.1 Å². The average Bonchev–Trinajstić information content (AvgIpc) is 2.99. The highest BCUT2D eigenvalue weighted by molar-refractivity contribution is 7.13. The molecule has 7 heteroatoms. The van der Waals surface area contributed by atoms with Crippen molar-refractivity contribution in [1.82, 2.24) is 9.59 Å². The van der Waals surface area contributed by atoms with Crippen LogP contribution in [0.2, 0.25) is 0 Å². The fraction of sp³-hybridized carbons (Fsp3) is 0.429. The van der Waals surface area contributed by atoms with Crippen molar-refractivity contribution in [3.05, 3.63) is 23.3 Å². The normalized spacial score (nSPS) is 13.7. The second-order valence-electron chi connectivity index (χ2n) is 4.72. The van der Waals surface area contributed by atoms with Gasteiger partial charge in [-0.25, -0.2) is 0 Å². The van der Waals surface area contributed by atoms with Crippen LogP contribution in [-0.2, 0) is 19.1 Å². The topological polar surface area (TPSA) is 78.4 Å². The van der Waals surface area contributed by atoms with Gasteiger partial charge < -0.3 is 9.47 Å². The number of fused-ring (bicyclic) bond motifs is 1. The minimum absolute atomic E-state index is 0.330. The van der Waals surface area contributed by atoms with E-state index in [1.54, 1.807) is 19.9 Å². The highest BCUT2D eigenvalue weighted by atomic mass is 32.1. The van der Waals surface area contributed by atoms with Crippen LogP contribution >= 0.6 is 11.5 Å². The summed E-state index contributed by atoms with van der Waals surface area (Å²) in [5, 5.41) is 4.07. The largest absolute Gasteiger partial charge is 0.469 e. The summed E-state index contributed by atoms with van der Waals surface area (Å²) in [7, 11) is 2.69. The molecule has 0 fully saturated rings. The van der Waals surface area contributed by atoms with E-state index >= 15 is 0 Å². The molecule has 2 aromatic rings. The fourth-order valence-electron chi connectivity index (χ4n) is 2.13. The van der Waals surface area contributed by atoms with Crippen LogP contribution in [-0.4, -0.2) is 35.7 Å². The standard InChI is InChI=1S/C14H16N2O4S/c1-7(13(17)19-3)9-5-10(8(2)14(18)20-4)12-11(6-9)21-16-15-12/h5-8H,1-4H3. The first kappa shape index (κ1) is 15.4. The molecule has 0 saturated carbocycles. The predicted molar refractivity (Wildman–Crippen MR) is 78.3 cm³/mol.